The summed E-state index contributed by atoms with van der Waals surface area (Å²) in [4.78, 5) is 24.6. The van der Waals surface area contributed by atoms with Gasteiger partial charge in [0.1, 0.15) is 0 Å². The van der Waals surface area contributed by atoms with Crippen LogP contribution in [0.4, 0.5) is 0 Å². The number of ether oxygens (including phenoxy) is 1. The standard InChI is InChI=1S/C72H139NO5/c1-3-5-7-9-11-13-15-17-19-37-40-44-48-52-56-60-64-70(75)69(68-74)73-71(76)65-61-57-53-49-45-41-38-35-33-31-29-27-25-23-21-20-22-24-26-28-30-32-34-36-39-43-47-51-55-59-63-67-78-72(77)66-62-58-54-50-46-42-18-16-14-12-10-8-6-4-2/h22,24,60,64,69-70,74-75H,3-21,23,25-59,61-63,65-68H2,1-2H3,(H,73,76)/b24-22-,64-60+. The number of nitrogens with one attached hydrogen (secondary N) is 1. The van der Waals surface area contributed by atoms with Crippen molar-refractivity contribution in [2.75, 3.05) is 13.2 Å². The summed E-state index contributed by atoms with van der Waals surface area (Å²) in [7, 11) is 0. The Morgan fingerprint density at radius 3 is 0.910 bits per heavy atom. The molecule has 2 atom stereocenters. The van der Waals surface area contributed by atoms with Crippen molar-refractivity contribution in [2.45, 2.75) is 411 Å². The molecule has 1 amide bonds. The quantitative estimate of drug-likeness (QED) is 0.0320. The van der Waals surface area contributed by atoms with Gasteiger partial charge in [-0.3, -0.25) is 9.59 Å². The van der Waals surface area contributed by atoms with Crippen molar-refractivity contribution in [3.63, 3.8) is 0 Å². The van der Waals surface area contributed by atoms with Crippen molar-refractivity contribution in [3.8, 4) is 0 Å². The molecule has 0 aliphatic heterocycles. The summed E-state index contributed by atoms with van der Waals surface area (Å²) in [6, 6.07) is -0.626. The van der Waals surface area contributed by atoms with Gasteiger partial charge in [0.15, 0.2) is 0 Å². The molecule has 0 heterocycles. The molecule has 0 aromatic heterocycles. The fourth-order valence-corrected chi connectivity index (χ4v) is 11.3. The minimum absolute atomic E-state index is 0.0203. The molecule has 0 aliphatic carbocycles. The molecule has 0 aromatic rings. The zero-order valence-corrected chi connectivity index (χ0v) is 52.9. The lowest BCUT2D eigenvalue weighted by Gasteiger charge is -2.20. The lowest BCUT2D eigenvalue weighted by Crippen LogP contribution is -2.45. The lowest BCUT2D eigenvalue weighted by molar-refractivity contribution is -0.143. The van der Waals surface area contributed by atoms with Crippen LogP contribution in [0.2, 0.25) is 0 Å². The van der Waals surface area contributed by atoms with Crippen LogP contribution in [0.5, 0.6) is 0 Å². The van der Waals surface area contributed by atoms with Crippen LogP contribution < -0.4 is 5.32 Å². The second kappa shape index (κ2) is 67.8. The summed E-state index contributed by atoms with van der Waals surface area (Å²) in [6.45, 7) is 4.94. The van der Waals surface area contributed by atoms with E-state index >= 15 is 0 Å². The minimum atomic E-state index is -0.843. The molecule has 0 aliphatic rings. The van der Waals surface area contributed by atoms with Crippen molar-refractivity contribution in [1.29, 1.82) is 0 Å². The molecule has 0 rings (SSSR count). The average molecular weight is 1100 g/mol. The molecule has 6 nitrogen and oxygen atoms in total. The molecule has 0 spiro atoms. The maximum Gasteiger partial charge on any atom is 0.305 e. The zero-order chi connectivity index (χ0) is 56.4. The number of rotatable bonds is 67. The maximum absolute atomic E-state index is 12.5. The lowest BCUT2D eigenvalue weighted by atomic mass is 10.0. The van der Waals surface area contributed by atoms with Gasteiger partial charge in [0.05, 0.1) is 25.4 Å². The van der Waals surface area contributed by atoms with Crippen LogP contribution in [-0.2, 0) is 14.3 Å². The Bertz CT molecular complexity index is 1220. The van der Waals surface area contributed by atoms with Gasteiger partial charge in [0.25, 0.3) is 0 Å². The first kappa shape index (κ1) is 76.3. The third-order valence-corrected chi connectivity index (χ3v) is 16.7. The van der Waals surface area contributed by atoms with Crippen LogP contribution >= 0.6 is 0 Å². The van der Waals surface area contributed by atoms with Gasteiger partial charge < -0.3 is 20.3 Å². The molecular formula is C72H139NO5. The number of allylic oxidation sites excluding steroid dienone is 3. The zero-order valence-electron chi connectivity index (χ0n) is 52.9. The fourth-order valence-electron chi connectivity index (χ4n) is 11.3. The third kappa shape index (κ3) is 63.5. The predicted octanol–water partition coefficient (Wildman–Crippen LogP) is 22.9. The van der Waals surface area contributed by atoms with Gasteiger partial charge in [0.2, 0.25) is 5.91 Å². The van der Waals surface area contributed by atoms with E-state index in [1.165, 1.54) is 334 Å². The molecule has 0 saturated heterocycles. The smallest absolute Gasteiger partial charge is 0.305 e. The summed E-state index contributed by atoms with van der Waals surface area (Å²) >= 11 is 0. The summed E-state index contributed by atoms with van der Waals surface area (Å²) in [5.41, 5.74) is 0. The molecule has 0 bridgehead atoms. The Labute approximate surface area is 488 Å². The highest BCUT2D eigenvalue weighted by Crippen LogP contribution is 2.19. The van der Waals surface area contributed by atoms with Crippen LogP contribution in [0.25, 0.3) is 0 Å². The van der Waals surface area contributed by atoms with E-state index in [0.717, 1.165) is 38.5 Å². The number of esters is 1. The van der Waals surface area contributed by atoms with E-state index in [2.05, 4.69) is 31.3 Å². The predicted molar refractivity (Wildman–Crippen MR) is 343 cm³/mol. The first-order chi connectivity index (χ1) is 38.5. The molecular weight excluding hydrogens is 959 g/mol. The molecule has 0 saturated carbocycles. The highest BCUT2D eigenvalue weighted by molar-refractivity contribution is 5.76. The highest BCUT2D eigenvalue weighted by Gasteiger charge is 2.18. The van der Waals surface area contributed by atoms with Crippen molar-refractivity contribution in [1.82, 2.24) is 5.32 Å². The minimum Gasteiger partial charge on any atom is -0.466 e. The van der Waals surface area contributed by atoms with Crippen molar-refractivity contribution in [3.05, 3.63) is 24.3 Å². The number of hydrogen-bond acceptors (Lipinski definition) is 5. The number of carbonyl (C=O) groups is 2. The summed E-state index contributed by atoms with van der Waals surface area (Å²) in [6.07, 6.45) is 85.5. The first-order valence-electron chi connectivity index (χ1n) is 35.6. The molecule has 6 heteroatoms. The Morgan fingerprint density at radius 1 is 0.346 bits per heavy atom. The van der Waals surface area contributed by atoms with Crippen LogP contribution in [0, 0.1) is 0 Å². The van der Waals surface area contributed by atoms with E-state index in [1.807, 2.05) is 6.08 Å². The Kier molecular flexibility index (Phi) is 66.4. The number of carbonyl (C=O) groups excluding carboxylic acids is 2. The summed E-state index contributed by atoms with van der Waals surface area (Å²) in [5, 5.41) is 23.2. The van der Waals surface area contributed by atoms with Crippen LogP contribution in [0.1, 0.15) is 399 Å². The Hall–Kier alpha value is -1.66. The normalized spacial score (nSPS) is 12.6. The van der Waals surface area contributed by atoms with Crippen LogP contribution in [0.3, 0.4) is 0 Å². The number of amides is 1. The molecule has 0 radical (unpaired) electrons. The number of hydrogen-bond donors (Lipinski definition) is 3. The number of aliphatic hydroxyl groups is 2. The fraction of sp³-hybridized carbons (Fsp3) is 0.917. The topological polar surface area (TPSA) is 95.9 Å². The second-order valence-corrected chi connectivity index (χ2v) is 24.6. The van der Waals surface area contributed by atoms with E-state index in [4.69, 9.17) is 4.74 Å². The Morgan fingerprint density at radius 2 is 0.603 bits per heavy atom. The van der Waals surface area contributed by atoms with E-state index in [-0.39, 0.29) is 18.5 Å². The maximum atomic E-state index is 12.5. The molecule has 0 aromatic carbocycles. The van der Waals surface area contributed by atoms with Crippen LogP contribution in [-0.4, -0.2) is 47.4 Å². The van der Waals surface area contributed by atoms with E-state index in [0.29, 0.717) is 19.4 Å². The van der Waals surface area contributed by atoms with Crippen molar-refractivity contribution in [2.24, 2.45) is 0 Å². The van der Waals surface area contributed by atoms with E-state index in [9.17, 15) is 19.8 Å². The molecule has 2 unspecified atom stereocenters. The molecule has 78 heavy (non-hydrogen) atoms. The Balaban J connectivity index is 3.37. The number of unbranched alkanes of at least 4 members (excludes halogenated alkanes) is 54. The largest absolute Gasteiger partial charge is 0.466 e. The number of aliphatic hydroxyl groups excluding tert-OH is 2. The SMILES string of the molecule is CCCCCCCCCCCCCCCC/C=C/C(O)C(CO)NC(=O)CCCCCCCCCCCCCCCCC/C=C\CCCCCCCCCCCCCCOC(=O)CCCCCCCCCCCCCCCC. The van der Waals surface area contributed by atoms with Gasteiger partial charge >= 0.3 is 5.97 Å². The summed E-state index contributed by atoms with van der Waals surface area (Å²) in [5.74, 6) is -0.0427. The van der Waals surface area contributed by atoms with Gasteiger partial charge in [-0.1, -0.05) is 353 Å². The van der Waals surface area contributed by atoms with Gasteiger partial charge in [-0.2, -0.15) is 0 Å². The summed E-state index contributed by atoms with van der Waals surface area (Å²) < 4.78 is 5.49. The molecule has 0 fully saturated rings. The molecule has 462 valence electrons. The van der Waals surface area contributed by atoms with Gasteiger partial charge in [-0.05, 0) is 57.8 Å². The van der Waals surface area contributed by atoms with E-state index in [1.54, 1.807) is 6.08 Å². The molecule has 3 N–H and O–H groups in total. The third-order valence-electron chi connectivity index (χ3n) is 16.7. The monoisotopic (exact) mass is 1100 g/mol. The van der Waals surface area contributed by atoms with Crippen molar-refractivity contribution >= 4 is 11.9 Å². The van der Waals surface area contributed by atoms with Gasteiger partial charge in [0, 0.05) is 12.8 Å². The first-order valence-corrected chi connectivity index (χ1v) is 35.6. The van der Waals surface area contributed by atoms with E-state index < -0.39 is 12.1 Å². The second-order valence-electron chi connectivity index (χ2n) is 24.6. The van der Waals surface area contributed by atoms with Crippen molar-refractivity contribution < 1.29 is 24.5 Å². The van der Waals surface area contributed by atoms with Crippen LogP contribution in [0.15, 0.2) is 24.3 Å². The average Bonchev–Trinajstić information content (AvgIpc) is 3.44. The van der Waals surface area contributed by atoms with Gasteiger partial charge in [-0.15, -0.1) is 0 Å². The van der Waals surface area contributed by atoms with Gasteiger partial charge in [-0.25, -0.2) is 0 Å². The highest BCUT2D eigenvalue weighted by atomic mass is 16.5.